The van der Waals surface area contributed by atoms with Crippen molar-refractivity contribution in [3.05, 3.63) is 42.6 Å². The maximum atomic E-state index is 9.56. The van der Waals surface area contributed by atoms with Gasteiger partial charge in [0.05, 0.1) is 5.52 Å². The number of para-hydroxylation sites is 1. The van der Waals surface area contributed by atoms with E-state index in [9.17, 15) is 4.79 Å². The summed E-state index contributed by atoms with van der Waals surface area (Å²) < 4.78 is 31.6. The minimum absolute atomic E-state index is 0.190. The molecule has 0 saturated carbocycles. The fourth-order valence-corrected chi connectivity index (χ4v) is 1.02. The van der Waals surface area contributed by atoms with Gasteiger partial charge in [-0.3, -0.25) is 18.9 Å². The highest BCUT2D eigenvalue weighted by Gasteiger charge is 1.86. The molecule has 3 N–H and O–H groups in total. The first-order chi connectivity index (χ1) is 9.24. The zero-order chi connectivity index (χ0) is 15.6. The highest BCUT2D eigenvalue weighted by atomic mass is 32.3. The van der Waals surface area contributed by atoms with Gasteiger partial charge in [-0.05, 0) is 19.1 Å². The Morgan fingerprint density at radius 2 is 1.60 bits per heavy atom. The van der Waals surface area contributed by atoms with Crippen LogP contribution in [0.5, 0.6) is 0 Å². The van der Waals surface area contributed by atoms with Crippen LogP contribution in [-0.4, -0.2) is 40.0 Å². The number of pyridine rings is 1. The number of Topliss-reactive ketones (excluding diaryl/α,β-unsaturated/α-hetero) is 1. The number of benzene rings is 1. The summed E-state index contributed by atoms with van der Waals surface area (Å²) in [7, 11) is -4.67. The standard InChI is InChI=1S/C9H7N.C3H6O2.H2O4S/c1-2-6-9-8(4-1)5-3-7-10-9;1-3(5)2-4;1-5(2,3)4/h1-7H;4H,2H2,1H3;(H2,1,2,3,4). The molecule has 1 aromatic carbocycles. The van der Waals surface area contributed by atoms with Crippen LogP contribution in [0, 0.1) is 0 Å². The first kappa shape index (κ1) is 18.1. The third-order valence-electron chi connectivity index (χ3n) is 1.73. The summed E-state index contributed by atoms with van der Waals surface area (Å²) in [5, 5.41) is 8.99. The van der Waals surface area contributed by atoms with Crippen LogP contribution < -0.4 is 0 Å². The molecule has 0 fully saturated rings. The molecule has 0 spiro atoms. The predicted molar refractivity (Wildman–Crippen MR) is 73.7 cm³/mol. The molecule has 2 rings (SSSR count). The van der Waals surface area contributed by atoms with Gasteiger partial charge in [0.15, 0.2) is 5.78 Å². The fourth-order valence-electron chi connectivity index (χ4n) is 1.02. The largest absolute Gasteiger partial charge is 0.394 e. The number of ketones is 1. The first-order valence-corrected chi connectivity index (χ1v) is 6.73. The SMILES string of the molecule is CC(=O)CO.O=S(=O)(O)O.c1ccc2ncccc2c1. The molecule has 0 aliphatic rings. The monoisotopic (exact) mass is 301 g/mol. The summed E-state index contributed by atoms with van der Waals surface area (Å²) in [6, 6.07) is 12.1. The highest BCUT2D eigenvalue weighted by Crippen LogP contribution is 2.07. The number of carbonyl (C=O) groups is 1. The number of hydrogen-bond donors (Lipinski definition) is 3. The molecule has 20 heavy (non-hydrogen) atoms. The van der Waals surface area contributed by atoms with Crippen molar-refractivity contribution in [2.24, 2.45) is 0 Å². The number of aliphatic hydroxyl groups is 1. The number of aromatic nitrogens is 1. The Morgan fingerprint density at radius 3 is 2.05 bits per heavy atom. The molecule has 0 bridgehead atoms. The van der Waals surface area contributed by atoms with Crippen molar-refractivity contribution in [3.63, 3.8) is 0 Å². The number of carbonyl (C=O) groups excluding carboxylic acids is 1. The van der Waals surface area contributed by atoms with E-state index in [1.165, 1.54) is 12.3 Å². The lowest BCUT2D eigenvalue weighted by Crippen LogP contribution is -1.93. The number of hydrogen-bond acceptors (Lipinski definition) is 5. The van der Waals surface area contributed by atoms with Crippen molar-refractivity contribution in [1.29, 1.82) is 0 Å². The molecule has 8 heteroatoms. The van der Waals surface area contributed by atoms with Gasteiger partial charge in [-0.25, -0.2) is 0 Å². The lowest BCUT2D eigenvalue weighted by Gasteiger charge is -1.91. The number of rotatable bonds is 1. The van der Waals surface area contributed by atoms with E-state index in [0.717, 1.165) is 5.52 Å². The summed E-state index contributed by atoms with van der Waals surface area (Å²) >= 11 is 0. The van der Waals surface area contributed by atoms with Crippen LogP contribution in [0.25, 0.3) is 10.9 Å². The predicted octanol–water partition coefficient (Wildman–Crippen LogP) is 1.15. The van der Waals surface area contributed by atoms with Crippen molar-refractivity contribution < 1.29 is 27.4 Å². The van der Waals surface area contributed by atoms with Crippen LogP contribution in [0.1, 0.15) is 6.92 Å². The minimum atomic E-state index is -4.67. The molecular weight excluding hydrogens is 286 g/mol. The Morgan fingerprint density at radius 1 is 1.15 bits per heavy atom. The second-order valence-electron chi connectivity index (χ2n) is 3.50. The van der Waals surface area contributed by atoms with Gasteiger partial charge in [0.25, 0.3) is 0 Å². The molecular formula is C12H15NO6S. The molecule has 0 radical (unpaired) electrons. The molecule has 1 heterocycles. The Hall–Kier alpha value is -1.87. The molecule has 0 aliphatic heterocycles. The van der Waals surface area contributed by atoms with Gasteiger partial charge < -0.3 is 5.11 Å². The Labute approximate surface area is 116 Å². The van der Waals surface area contributed by atoms with Crippen LogP contribution >= 0.6 is 0 Å². The number of aliphatic hydroxyl groups excluding tert-OH is 1. The quantitative estimate of drug-likeness (QED) is 0.675. The van der Waals surface area contributed by atoms with Crippen molar-refractivity contribution in [2.45, 2.75) is 6.92 Å². The van der Waals surface area contributed by atoms with E-state index in [2.05, 4.69) is 17.1 Å². The molecule has 2 aromatic rings. The first-order valence-electron chi connectivity index (χ1n) is 5.34. The van der Waals surface area contributed by atoms with Crippen molar-refractivity contribution in [1.82, 2.24) is 4.98 Å². The maximum absolute atomic E-state index is 9.56. The van der Waals surface area contributed by atoms with Gasteiger partial charge in [-0.1, -0.05) is 24.3 Å². The van der Waals surface area contributed by atoms with Crippen molar-refractivity contribution in [2.75, 3.05) is 6.61 Å². The molecule has 110 valence electrons. The van der Waals surface area contributed by atoms with Crippen molar-refractivity contribution >= 4 is 27.1 Å². The van der Waals surface area contributed by atoms with Crippen LogP contribution in [-0.2, 0) is 15.2 Å². The third-order valence-corrected chi connectivity index (χ3v) is 1.73. The minimum Gasteiger partial charge on any atom is -0.389 e. The zero-order valence-corrected chi connectivity index (χ0v) is 11.5. The lowest BCUT2D eigenvalue weighted by atomic mass is 10.2. The van der Waals surface area contributed by atoms with Crippen molar-refractivity contribution in [3.8, 4) is 0 Å². The van der Waals surface area contributed by atoms with Gasteiger partial charge in [0, 0.05) is 11.6 Å². The molecule has 0 aliphatic carbocycles. The van der Waals surface area contributed by atoms with E-state index in [0.29, 0.717) is 0 Å². The number of fused-ring (bicyclic) bond motifs is 1. The summed E-state index contributed by atoms with van der Waals surface area (Å²) in [6.45, 7) is 1.000. The van der Waals surface area contributed by atoms with Gasteiger partial charge >= 0.3 is 10.4 Å². The molecule has 0 atom stereocenters. The van der Waals surface area contributed by atoms with Gasteiger partial charge in [-0.2, -0.15) is 8.42 Å². The second-order valence-corrected chi connectivity index (χ2v) is 4.40. The molecule has 0 amide bonds. The smallest absolute Gasteiger partial charge is 0.389 e. The van der Waals surface area contributed by atoms with E-state index in [1.807, 2.05) is 30.5 Å². The third kappa shape index (κ3) is 11.2. The zero-order valence-electron chi connectivity index (χ0n) is 10.7. The normalized spacial score (nSPS) is 9.80. The Kier molecular flexibility index (Phi) is 8.25. The molecule has 7 nitrogen and oxygen atoms in total. The second kappa shape index (κ2) is 9.10. The van der Waals surface area contributed by atoms with E-state index >= 15 is 0 Å². The Balaban J connectivity index is 0.000000310. The van der Waals surface area contributed by atoms with E-state index in [-0.39, 0.29) is 12.4 Å². The highest BCUT2D eigenvalue weighted by molar-refractivity contribution is 7.79. The molecule has 0 unspecified atom stereocenters. The van der Waals surface area contributed by atoms with E-state index < -0.39 is 10.4 Å². The Bertz CT molecular complexity index is 568. The van der Waals surface area contributed by atoms with Crippen LogP contribution in [0.15, 0.2) is 42.6 Å². The summed E-state index contributed by atoms with van der Waals surface area (Å²) in [5.74, 6) is -0.190. The molecule has 0 saturated heterocycles. The average Bonchev–Trinajstić information content (AvgIpc) is 2.37. The molecule has 1 aromatic heterocycles. The topological polar surface area (TPSA) is 125 Å². The van der Waals surface area contributed by atoms with Gasteiger partial charge in [0.2, 0.25) is 0 Å². The maximum Gasteiger partial charge on any atom is 0.394 e. The summed E-state index contributed by atoms with van der Waals surface area (Å²) in [5.41, 5.74) is 1.06. The summed E-state index contributed by atoms with van der Waals surface area (Å²) in [6.07, 6.45) is 1.81. The number of nitrogens with zero attached hydrogens (tertiary/aromatic N) is 1. The fraction of sp³-hybridized carbons (Fsp3) is 0.167. The van der Waals surface area contributed by atoms with Gasteiger partial charge in [-0.15, -0.1) is 0 Å². The van der Waals surface area contributed by atoms with Crippen LogP contribution in [0.2, 0.25) is 0 Å². The van der Waals surface area contributed by atoms with Gasteiger partial charge in [0.1, 0.15) is 6.61 Å². The van der Waals surface area contributed by atoms with Crippen LogP contribution in [0.3, 0.4) is 0 Å². The average molecular weight is 301 g/mol. The van der Waals surface area contributed by atoms with E-state index in [1.54, 1.807) is 0 Å². The summed E-state index contributed by atoms with van der Waals surface area (Å²) in [4.78, 5) is 13.7. The van der Waals surface area contributed by atoms with E-state index in [4.69, 9.17) is 22.6 Å². The van der Waals surface area contributed by atoms with Crippen LogP contribution in [0.4, 0.5) is 0 Å². The lowest BCUT2D eigenvalue weighted by molar-refractivity contribution is -0.119.